The first kappa shape index (κ1) is 12.7. The van der Waals surface area contributed by atoms with Gasteiger partial charge in [0, 0.05) is 19.3 Å². The molecule has 0 saturated heterocycles. The van der Waals surface area contributed by atoms with Gasteiger partial charge in [0.15, 0.2) is 5.82 Å². The van der Waals surface area contributed by atoms with Crippen molar-refractivity contribution in [3.8, 4) is 6.07 Å². The van der Waals surface area contributed by atoms with Crippen LogP contribution in [0.5, 0.6) is 0 Å². The molecular formula is C14H20N4. The molecule has 1 aromatic rings. The van der Waals surface area contributed by atoms with E-state index < -0.39 is 0 Å². The van der Waals surface area contributed by atoms with Crippen LogP contribution in [0.2, 0.25) is 0 Å². The molecule has 0 aromatic carbocycles. The highest BCUT2D eigenvalue weighted by molar-refractivity contribution is 5.64. The van der Waals surface area contributed by atoms with Crippen LogP contribution in [0.4, 0.5) is 11.5 Å². The number of hydrogen-bond acceptors (Lipinski definition) is 4. The van der Waals surface area contributed by atoms with Gasteiger partial charge in [0.1, 0.15) is 6.07 Å². The maximum absolute atomic E-state index is 8.82. The average molecular weight is 244 g/mol. The molecule has 0 bridgehead atoms. The summed E-state index contributed by atoms with van der Waals surface area (Å²) in [6, 6.07) is 4.26. The molecule has 2 atom stereocenters. The molecule has 1 fully saturated rings. The highest BCUT2D eigenvalue weighted by atomic mass is 15.2. The minimum atomic E-state index is 0.501. The summed E-state index contributed by atoms with van der Waals surface area (Å²) < 4.78 is 0. The van der Waals surface area contributed by atoms with Crippen molar-refractivity contribution in [2.24, 2.45) is 5.92 Å². The summed E-state index contributed by atoms with van der Waals surface area (Å²) in [5, 5.41) is 8.82. The Hall–Kier alpha value is -1.76. The average Bonchev–Trinajstić information content (AvgIpc) is 2.38. The van der Waals surface area contributed by atoms with E-state index in [1.165, 1.54) is 25.7 Å². The smallest absolute Gasteiger partial charge is 0.151 e. The molecule has 1 saturated carbocycles. The first-order chi connectivity index (χ1) is 8.63. The Morgan fingerprint density at radius 3 is 2.78 bits per heavy atom. The zero-order valence-corrected chi connectivity index (χ0v) is 11.1. The third-order valence-electron chi connectivity index (χ3n) is 3.92. The predicted octanol–water partition coefficient (Wildman–Crippen LogP) is 2.55. The lowest BCUT2D eigenvalue weighted by atomic mass is 9.85. The van der Waals surface area contributed by atoms with Crippen molar-refractivity contribution in [1.82, 2.24) is 4.98 Å². The molecule has 18 heavy (non-hydrogen) atoms. The number of nitrogens with two attached hydrogens (primary N) is 1. The first-order valence-electron chi connectivity index (χ1n) is 6.52. The topological polar surface area (TPSA) is 65.9 Å². The van der Waals surface area contributed by atoms with Gasteiger partial charge in [-0.2, -0.15) is 5.26 Å². The van der Waals surface area contributed by atoms with E-state index in [0.717, 1.165) is 5.82 Å². The van der Waals surface area contributed by atoms with E-state index in [1.807, 2.05) is 0 Å². The van der Waals surface area contributed by atoms with Crippen LogP contribution in [-0.2, 0) is 0 Å². The largest absolute Gasteiger partial charge is 0.396 e. The summed E-state index contributed by atoms with van der Waals surface area (Å²) in [5.41, 5.74) is 7.10. The zero-order chi connectivity index (χ0) is 13.1. The van der Waals surface area contributed by atoms with Crippen molar-refractivity contribution in [2.75, 3.05) is 17.7 Å². The summed E-state index contributed by atoms with van der Waals surface area (Å²) >= 11 is 0. The van der Waals surface area contributed by atoms with Crippen molar-refractivity contribution < 1.29 is 0 Å². The third kappa shape index (κ3) is 2.40. The maximum atomic E-state index is 8.82. The Labute approximate surface area is 108 Å². The van der Waals surface area contributed by atoms with E-state index in [2.05, 4.69) is 29.9 Å². The summed E-state index contributed by atoms with van der Waals surface area (Å²) in [6.45, 7) is 2.29. The first-order valence-corrected chi connectivity index (χ1v) is 6.52. The Kier molecular flexibility index (Phi) is 3.71. The highest BCUT2D eigenvalue weighted by Gasteiger charge is 2.26. The van der Waals surface area contributed by atoms with Gasteiger partial charge in [0.05, 0.1) is 11.3 Å². The van der Waals surface area contributed by atoms with Crippen molar-refractivity contribution in [1.29, 1.82) is 5.26 Å². The molecule has 0 aliphatic heterocycles. The number of nitrogens with zero attached hydrogens (tertiary/aromatic N) is 3. The minimum absolute atomic E-state index is 0.501. The second-order valence-electron chi connectivity index (χ2n) is 5.19. The number of anilines is 2. The van der Waals surface area contributed by atoms with Gasteiger partial charge >= 0.3 is 0 Å². The van der Waals surface area contributed by atoms with Crippen LogP contribution in [0.15, 0.2) is 12.3 Å². The van der Waals surface area contributed by atoms with Crippen LogP contribution >= 0.6 is 0 Å². The van der Waals surface area contributed by atoms with Gasteiger partial charge in [0.2, 0.25) is 0 Å². The Bertz CT molecular complexity index is 463. The second kappa shape index (κ2) is 5.26. The highest BCUT2D eigenvalue weighted by Crippen LogP contribution is 2.31. The number of aromatic nitrogens is 1. The third-order valence-corrected chi connectivity index (χ3v) is 3.92. The fourth-order valence-electron chi connectivity index (χ4n) is 2.86. The van der Waals surface area contributed by atoms with E-state index in [9.17, 15) is 0 Å². The fourth-order valence-corrected chi connectivity index (χ4v) is 2.86. The van der Waals surface area contributed by atoms with Crippen LogP contribution in [0.1, 0.15) is 38.2 Å². The molecule has 0 spiro atoms. The molecule has 1 aliphatic rings. The van der Waals surface area contributed by atoms with Crippen LogP contribution in [0.25, 0.3) is 0 Å². The van der Waals surface area contributed by atoms with E-state index in [0.29, 0.717) is 23.2 Å². The number of hydrogen-bond donors (Lipinski definition) is 1. The molecule has 2 unspecified atom stereocenters. The number of rotatable bonds is 2. The van der Waals surface area contributed by atoms with Gasteiger partial charge < -0.3 is 10.6 Å². The predicted molar refractivity (Wildman–Crippen MR) is 73.2 cm³/mol. The normalized spacial score (nSPS) is 23.4. The molecule has 4 heteroatoms. The van der Waals surface area contributed by atoms with E-state index in [-0.39, 0.29) is 0 Å². The fraction of sp³-hybridized carbons (Fsp3) is 0.571. The minimum Gasteiger partial charge on any atom is -0.396 e. The van der Waals surface area contributed by atoms with Crippen molar-refractivity contribution >= 4 is 11.5 Å². The lowest BCUT2D eigenvalue weighted by molar-refractivity contribution is 0.321. The maximum Gasteiger partial charge on any atom is 0.151 e. The van der Waals surface area contributed by atoms with Gasteiger partial charge in [-0.05, 0) is 24.8 Å². The summed E-state index contributed by atoms with van der Waals surface area (Å²) in [5.74, 6) is 1.47. The summed E-state index contributed by atoms with van der Waals surface area (Å²) in [4.78, 5) is 6.52. The van der Waals surface area contributed by atoms with E-state index in [4.69, 9.17) is 11.0 Å². The molecular weight excluding hydrogens is 224 g/mol. The zero-order valence-electron chi connectivity index (χ0n) is 11.1. The molecule has 1 aliphatic carbocycles. The van der Waals surface area contributed by atoms with Crippen molar-refractivity contribution in [2.45, 2.75) is 38.6 Å². The molecule has 1 heterocycles. The Morgan fingerprint density at radius 2 is 2.17 bits per heavy atom. The quantitative estimate of drug-likeness (QED) is 0.868. The molecule has 96 valence electrons. The Balaban J connectivity index is 2.22. The van der Waals surface area contributed by atoms with Gasteiger partial charge in [-0.25, -0.2) is 4.98 Å². The summed E-state index contributed by atoms with van der Waals surface area (Å²) in [6.07, 6.45) is 6.65. The number of nitrogen functional groups attached to an aromatic ring is 1. The SMILES string of the molecule is CC1CCCCC1N(C)c1ncc(C#N)cc1N. The van der Waals surface area contributed by atoms with Crippen LogP contribution in [-0.4, -0.2) is 18.1 Å². The Morgan fingerprint density at radius 1 is 1.44 bits per heavy atom. The lowest BCUT2D eigenvalue weighted by Gasteiger charge is -2.37. The van der Waals surface area contributed by atoms with E-state index in [1.54, 1.807) is 12.3 Å². The van der Waals surface area contributed by atoms with Crippen LogP contribution in [0, 0.1) is 17.2 Å². The molecule has 1 aromatic heterocycles. The second-order valence-corrected chi connectivity index (χ2v) is 5.19. The van der Waals surface area contributed by atoms with Gasteiger partial charge in [-0.1, -0.05) is 19.8 Å². The van der Waals surface area contributed by atoms with Crippen LogP contribution in [0.3, 0.4) is 0 Å². The van der Waals surface area contributed by atoms with Crippen LogP contribution < -0.4 is 10.6 Å². The molecule has 0 amide bonds. The van der Waals surface area contributed by atoms with E-state index >= 15 is 0 Å². The molecule has 4 nitrogen and oxygen atoms in total. The number of nitriles is 1. The molecule has 2 rings (SSSR count). The lowest BCUT2D eigenvalue weighted by Crippen LogP contribution is -2.39. The standard InChI is InChI=1S/C14H20N4/c1-10-5-3-4-6-13(10)18(2)14-12(16)7-11(8-15)9-17-14/h7,9-10,13H,3-6,16H2,1-2H3. The van der Waals surface area contributed by atoms with Gasteiger partial charge in [0.25, 0.3) is 0 Å². The summed E-state index contributed by atoms with van der Waals surface area (Å²) in [7, 11) is 2.05. The van der Waals surface area contributed by atoms with Gasteiger partial charge in [-0.3, -0.25) is 0 Å². The monoisotopic (exact) mass is 244 g/mol. The number of pyridine rings is 1. The van der Waals surface area contributed by atoms with Crippen molar-refractivity contribution in [3.63, 3.8) is 0 Å². The molecule has 2 N–H and O–H groups in total. The molecule has 0 radical (unpaired) electrons. The van der Waals surface area contributed by atoms with Crippen molar-refractivity contribution in [3.05, 3.63) is 17.8 Å². The van der Waals surface area contributed by atoms with Gasteiger partial charge in [-0.15, -0.1) is 0 Å².